The lowest BCUT2D eigenvalue weighted by Crippen LogP contribution is -2.52. The largest absolute Gasteiger partial charge is 0.468 e. The summed E-state index contributed by atoms with van der Waals surface area (Å²) in [5.41, 5.74) is 1.77. The van der Waals surface area contributed by atoms with Crippen LogP contribution in [0.3, 0.4) is 0 Å². The predicted octanol–water partition coefficient (Wildman–Crippen LogP) is 4.25. The van der Waals surface area contributed by atoms with Crippen LogP contribution in [0.4, 0.5) is 10.5 Å². The molecule has 1 atom stereocenters. The number of hydrogen-bond donors (Lipinski definition) is 0. The van der Waals surface area contributed by atoms with E-state index in [0.29, 0.717) is 23.6 Å². The Bertz CT molecular complexity index is 1020. The van der Waals surface area contributed by atoms with Gasteiger partial charge in [0.15, 0.2) is 0 Å². The predicted molar refractivity (Wildman–Crippen MR) is 126 cm³/mol. The molecule has 1 heterocycles. The Labute approximate surface area is 199 Å². The maximum absolute atomic E-state index is 13.7. The standard InChI is InChI=1S/C25H29ClN2O5/c1-25(2,3)33-24(31)28-20-8-6-5-7-18(20)15-21(28)23(30)27(16-22(29)32-4)14-13-17-9-11-19(26)12-10-17/h5-12,21H,13-16H2,1-4H3/t21-/m1/s1. The van der Waals surface area contributed by atoms with Crippen molar-refractivity contribution >= 4 is 35.3 Å². The van der Waals surface area contributed by atoms with Crippen molar-refractivity contribution < 1.29 is 23.9 Å². The monoisotopic (exact) mass is 472 g/mol. The quantitative estimate of drug-likeness (QED) is 0.587. The second-order valence-corrected chi connectivity index (χ2v) is 9.35. The van der Waals surface area contributed by atoms with Gasteiger partial charge in [-0.1, -0.05) is 41.9 Å². The third-order valence-corrected chi connectivity index (χ3v) is 5.55. The van der Waals surface area contributed by atoms with Crippen molar-refractivity contribution in [2.75, 3.05) is 25.1 Å². The van der Waals surface area contributed by atoms with Crippen molar-refractivity contribution in [1.82, 2.24) is 4.90 Å². The van der Waals surface area contributed by atoms with Crippen molar-refractivity contribution in [3.63, 3.8) is 0 Å². The molecule has 33 heavy (non-hydrogen) atoms. The molecule has 2 aromatic rings. The number of para-hydroxylation sites is 1. The number of anilines is 1. The molecular weight excluding hydrogens is 444 g/mol. The lowest BCUT2D eigenvalue weighted by Gasteiger charge is -2.31. The highest BCUT2D eigenvalue weighted by atomic mass is 35.5. The van der Waals surface area contributed by atoms with Gasteiger partial charge in [0.1, 0.15) is 18.2 Å². The first-order chi connectivity index (χ1) is 15.6. The molecule has 0 aliphatic carbocycles. The van der Waals surface area contributed by atoms with E-state index in [1.807, 2.05) is 30.3 Å². The summed E-state index contributed by atoms with van der Waals surface area (Å²) in [5, 5.41) is 0.623. The number of ether oxygens (including phenoxy) is 2. The summed E-state index contributed by atoms with van der Waals surface area (Å²) in [6, 6.07) is 13.9. The maximum atomic E-state index is 13.7. The van der Waals surface area contributed by atoms with E-state index in [1.165, 1.54) is 16.9 Å². The fourth-order valence-corrected chi connectivity index (χ4v) is 3.86. The van der Waals surface area contributed by atoms with Crippen LogP contribution in [0.15, 0.2) is 48.5 Å². The van der Waals surface area contributed by atoms with Crippen molar-refractivity contribution in [3.05, 3.63) is 64.7 Å². The van der Waals surface area contributed by atoms with Gasteiger partial charge < -0.3 is 14.4 Å². The van der Waals surface area contributed by atoms with E-state index < -0.39 is 23.7 Å². The van der Waals surface area contributed by atoms with Crippen LogP contribution in [0.2, 0.25) is 5.02 Å². The summed E-state index contributed by atoms with van der Waals surface area (Å²) in [6.45, 7) is 5.40. The van der Waals surface area contributed by atoms with Gasteiger partial charge in [-0.2, -0.15) is 0 Å². The zero-order chi connectivity index (χ0) is 24.2. The van der Waals surface area contributed by atoms with E-state index in [-0.39, 0.29) is 19.0 Å². The van der Waals surface area contributed by atoms with Crippen molar-refractivity contribution in [2.45, 2.75) is 45.3 Å². The molecule has 3 rings (SSSR count). The minimum absolute atomic E-state index is 0.210. The first kappa shape index (κ1) is 24.6. The van der Waals surface area contributed by atoms with Crippen molar-refractivity contribution in [1.29, 1.82) is 0 Å². The highest BCUT2D eigenvalue weighted by Gasteiger charge is 2.42. The Hall–Kier alpha value is -3.06. The summed E-state index contributed by atoms with van der Waals surface area (Å²) < 4.78 is 10.4. The van der Waals surface area contributed by atoms with Gasteiger partial charge in [-0.3, -0.25) is 14.5 Å². The van der Waals surface area contributed by atoms with Gasteiger partial charge in [0.05, 0.1) is 12.8 Å². The third kappa shape index (κ3) is 6.26. The minimum Gasteiger partial charge on any atom is -0.468 e. The number of carbonyl (C=O) groups excluding carboxylic acids is 3. The fraction of sp³-hybridized carbons (Fsp3) is 0.400. The zero-order valence-electron chi connectivity index (χ0n) is 19.3. The summed E-state index contributed by atoms with van der Waals surface area (Å²) in [5.74, 6) is -0.866. The molecule has 0 fully saturated rings. The minimum atomic E-state index is -0.813. The van der Waals surface area contributed by atoms with Crippen LogP contribution >= 0.6 is 11.6 Å². The normalized spacial score (nSPS) is 15.1. The molecule has 0 unspecified atom stereocenters. The SMILES string of the molecule is COC(=O)CN(CCc1ccc(Cl)cc1)C(=O)[C@H]1Cc2ccccc2N1C(=O)OC(C)(C)C. The van der Waals surface area contributed by atoms with Gasteiger partial charge in [-0.05, 0) is 56.5 Å². The summed E-state index contributed by atoms with van der Waals surface area (Å²) in [7, 11) is 1.28. The van der Waals surface area contributed by atoms with E-state index in [0.717, 1.165) is 11.1 Å². The highest BCUT2D eigenvalue weighted by Crippen LogP contribution is 2.34. The van der Waals surface area contributed by atoms with Crippen LogP contribution in [0.5, 0.6) is 0 Å². The molecule has 0 spiro atoms. The molecule has 2 aromatic carbocycles. The van der Waals surface area contributed by atoms with Crippen LogP contribution in [0, 0.1) is 0 Å². The molecule has 0 aromatic heterocycles. The molecule has 0 bridgehead atoms. The van der Waals surface area contributed by atoms with Gasteiger partial charge in [0.25, 0.3) is 0 Å². The van der Waals surface area contributed by atoms with Crippen LogP contribution in [0.1, 0.15) is 31.9 Å². The van der Waals surface area contributed by atoms with Crippen LogP contribution in [-0.4, -0.2) is 54.7 Å². The number of halogens is 1. The molecular formula is C25H29ClN2O5. The Morgan fingerprint density at radius 3 is 2.39 bits per heavy atom. The number of hydrogen-bond acceptors (Lipinski definition) is 5. The van der Waals surface area contributed by atoms with Crippen LogP contribution in [-0.2, 0) is 31.9 Å². The van der Waals surface area contributed by atoms with Gasteiger partial charge in [-0.25, -0.2) is 4.79 Å². The third-order valence-electron chi connectivity index (χ3n) is 5.29. The van der Waals surface area contributed by atoms with Crippen LogP contribution in [0.25, 0.3) is 0 Å². The van der Waals surface area contributed by atoms with Crippen LogP contribution < -0.4 is 4.90 Å². The molecule has 7 nitrogen and oxygen atoms in total. The van der Waals surface area contributed by atoms with E-state index >= 15 is 0 Å². The Kier molecular flexibility index (Phi) is 7.64. The van der Waals surface area contributed by atoms with E-state index in [2.05, 4.69) is 0 Å². The Balaban J connectivity index is 1.86. The molecule has 8 heteroatoms. The van der Waals surface area contributed by atoms with E-state index in [1.54, 1.807) is 39.0 Å². The molecule has 0 radical (unpaired) electrons. The fourth-order valence-electron chi connectivity index (χ4n) is 3.73. The zero-order valence-corrected chi connectivity index (χ0v) is 20.1. The first-order valence-corrected chi connectivity index (χ1v) is 11.2. The summed E-state index contributed by atoms with van der Waals surface area (Å²) >= 11 is 5.96. The molecule has 0 saturated heterocycles. The van der Waals surface area contributed by atoms with E-state index in [9.17, 15) is 14.4 Å². The average molecular weight is 473 g/mol. The lowest BCUT2D eigenvalue weighted by molar-refractivity contribution is -0.147. The number of carbonyl (C=O) groups is 3. The molecule has 1 aliphatic rings. The number of nitrogens with zero attached hydrogens (tertiary/aromatic N) is 2. The number of rotatable bonds is 6. The second kappa shape index (κ2) is 10.3. The highest BCUT2D eigenvalue weighted by molar-refractivity contribution is 6.30. The second-order valence-electron chi connectivity index (χ2n) is 8.91. The maximum Gasteiger partial charge on any atom is 0.415 e. The van der Waals surface area contributed by atoms with E-state index in [4.69, 9.17) is 21.1 Å². The topological polar surface area (TPSA) is 76.2 Å². The van der Waals surface area contributed by atoms with Gasteiger partial charge >= 0.3 is 12.1 Å². The number of fused-ring (bicyclic) bond motifs is 1. The average Bonchev–Trinajstić information content (AvgIpc) is 3.15. The van der Waals surface area contributed by atoms with Crippen molar-refractivity contribution in [3.8, 4) is 0 Å². The molecule has 176 valence electrons. The lowest BCUT2D eigenvalue weighted by atomic mass is 10.1. The summed E-state index contributed by atoms with van der Waals surface area (Å²) in [6.07, 6.45) is 0.264. The number of esters is 1. The van der Waals surface area contributed by atoms with Gasteiger partial charge in [-0.15, -0.1) is 0 Å². The van der Waals surface area contributed by atoms with Gasteiger partial charge in [0, 0.05) is 18.0 Å². The Morgan fingerprint density at radius 1 is 1.09 bits per heavy atom. The number of amides is 2. The number of benzene rings is 2. The first-order valence-electron chi connectivity index (χ1n) is 10.8. The summed E-state index contributed by atoms with van der Waals surface area (Å²) in [4.78, 5) is 41.7. The molecule has 1 aliphatic heterocycles. The van der Waals surface area contributed by atoms with Gasteiger partial charge in [0.2, 0.25) is 5.91 Å². The smallest absolute Gasteiger partial charge is 0.415 e. The van der Waals surface area contributed by atoms with Crippen molar-refractivity contribution in [2.24, 2.45) is 0 Å². The molecule has 0 saturated carbocycles. The Morgan fingerprint density at radius 2 is 1.76 bits per heavy atom. The molecule has 2 amide bonds. The molecule has 0 N–H and O–H groups in total. The number of methoxy groups -OCH3 is 1.